The van der Waals surface area contributed by atoms with Crippen LogP contribution in [0, 0.1) is 6.92 Å². The second kappa shape index (κ2) is 10.5. The maximum atomic E-state index is 12.5. The standard InChI is InChI=1S/C22H15Cl5N4O3/c1-11-4-2-3-5-12(11)8-31-10-28-22(30-31)29-21(32)14-7-6-13(34-14)9-33-20-18(26)16(24)15(23)17(25)19(20)27/h2-7,10H,8-9H2,1H3,(H,29,30,32). The van der Waals surface area contributed by atoms with Crippen molar-refractivity contribution >= 4 is 69.9 Å². The van der Waals surface area contributed by atoms with Gasteiger partial charge in [0.25, 0.3) is 5.91 Å². The molecular weight excluding hydrogens is 546 g/mol. The Morgan fingerprint density at radius 2 is 1.68 bits per heavy atom. The van der Waals surface area contributed by atoms with Gasteiger partial charge >= 0.3 is 0 Å². The number of halogens is 5. The van der Waals surface area contributed by atoms with Crippen molar-refractivity contribution in [3.63, 3.8) is 0 Å². The first-order valence-electron chi connectivity index (χ1n) is 9.73. The predicted molar refractivity (Wildman–Crippen MR) is 133 cm³/mol. The Bertz CT molecular complexity index is 1340. The van der Waals surface area contributed by atoms with E-state index in [1.165, 1.54) is 6.07 Å². The Kier molecular flexibility index (Phi) is 7.60. The minimum absolute atomic E-state index is 0.0120. The minimum atomic E-state index is -0.520. The lowest BCUT2D eigenvalue weighted by molar-refractivity contribution is 0.0991. The van der Waals surface area contributed by atoms with E-state index in [0.29, 0.717) is 12.3 Å². The number of ether oxygens (including phenoxy) is 1. The van der Waals surface area contributed by atoms with Crippen molar-refractivity contribution in [1.29, 1.82) is 0 Å². The van der Waals surface area contributed by atoms with E-state index in [1.807, 2.05) is 31.2 Å². The Morgan fingerprint density at radius 3 is 2.38 bits per heavy atom. The Morgan fingerprint density at radius 1 is 1.00 bits per heavy atom. The average molecular weight is 561 g/mol. The highest BCUT2D eigenvalue weighted by Crippen LogP contribution is 2.48. The van der Waals surface area contributed by atoms with Crippen LogP contribution in [0.15, 0.2) is 47.1 Å². The van der Waals surface area contributed by atoms with E-state index < -0.39 is 5.91 Å². The van der Waals surface area contributed by atoms with Crippen molar-refractivity contribution in [3.05, 3.63) is 90.5 Å². The molecule has 12 heteroatoms. The summed E-state index contributed by atoms with van der Waals surface area (Å²) in [4.78, 5) is 16.7. The van der Waals surface area contributed by atoms with Gasteiger partial charge in [-0.15, -0.1) is 5.10 Å². The highest BCUT2D eigenvalue weighted by atomic mass is 35.5. The predicted octanol–water partition coefficient (Wildman–Crippen LogP) is 7.33. The number of aromatic nitrogens is 3. The number of nitrogens with zero attached hydrogens (tertiary/aromatic N) is 3. The first-order chi connectivity index (χ1) is 16.2. The van der Waals surface area contributed by atoms with Crippen molar-refractivity contribution in [2.75, 3.05) is 5.32 Å². The second-order valence-corrected chi connectivity index (χ2v) is 8.99. The molecule has 34 heavy (non-hydrogen) atoms. The van der Waals surface area contributed by atoms with E-state index in [0.717, 1.165) is 11.1 Å². The molecule has 0 unspecified atom stereocenters. The molecule has 2 heterocycles. The molecule has 0 saturated carbocycles. The van der Waals surface area contributed by atoms with Crippen LogP contribution in [0.5, 0.6) is 5.75 Å². The summed E-state index contributed by atoms with van der Waals surface area (Å²) < 4.78 is 12.8. The lowest BCUT2D eigenvalue weighted by Crippen LogP contribution is -2.12. The van der Waals surface area contributed by atoms with E-state index in [9.17, 15) is 4.79 Å². The first-order valence-corrected chi connectivity index (χ1v) is 11.6. The summed E-state index contributed by atoms with van der Waals surface area (Å²) >= 11 is 30.4. The van der Waals surface area contributed by atoms with Crippen molar-refractivity contribution in [2.24, 2.45) is 0 Å². The topological polar surface area (TPSA) is 82.2 Å². The normalized spacial score (nSPS) is 11.0. The van der Waals surface area contributed by atoms with Crippen molar-refractivity contribution in [2.45, 2.75) is 20.1 Å². The van der Waals surface area contributed by atoms with Crippen LogP contribution in [0.25, 0.3) is 0 Å². The van der Waals surface area contributed by atoms with Crippen molar-refractivity contribution in [3.8, 4) is 5.75 Å². The van der Waals surface area contributed by atoms with Gasteiger partial charge < -0.3 is 9.15 Å². The highest BCUT2D eigenvalue weighted by molar-refractivity contribution is 6.55. The summed E-state index contributed by atoms with van der Waals surface area (Å²) in [6, 6.07) is 11.0. The number of aryl methyl sites for hydroxylation is 1. The van der Waals surface area contributed by atoms with Crippen LogP contribution >= 0.6 is 58.0 Å². The highest BCUT2D eigenvalue weighted by Gasteiger charge is 2.21. The first kappa shape index (κ1) is 24.7. The number of amides is 1. The molecular formula is C22H15Cl5N4O3. The van der Waals surface area contributed by atoms with Gasteiger partial charge in [-0.25, -0.2) is 9.67 Å². The Labute approximate surface area is 219 Å². The molecule has 0 spiro atoms. The lowest BCUT2D eigenvalue weighted by Gasteiger charge is -2.12. The molecule has 0 aliphatic heterocycles. The lowest BCUT2D eigenvalue weighted by atomic mass is 10.1. The number of hydrogen-bond donors (Lipinski definition) is 1. The third-order valence-electron chi connectivity index (χ3n) is 4.77. The molecule has 0 aliphatic rings. The zero-order valence-corrected chi connectivity index (χ0v) is 21.2. The molecule has 176 valence electrons. The molecule has 0 bridgehead atoms. The van der Waals surface area contributed by atoms with E-state index >= 15 is 0 Å². The molecule has 1 N–H and O–H groups in total. The number of hydrogen-bond acceptors (Lipinski definition) is 5. The molecule has 7 nitrogen and oxygen atoms in total. The molecule has 0 saturated heterocycles. The van der Waals surface area contributed by atoms with Gasteiger partial charge in [0.1, 0.15) is 28.7 Å². The van der Waals surface area contributed by atoms with Crippen LogP contribution in [-0.4, -0.2) is 20.7 Å². The minimum Gasteiger partial charge on any atom is -0.482 e. The van der Waals surface area contributed by atoms with Crippen LogP contribution in [0.2, 0.25) is 25.1 Å². The van der Waals surface area contributed by atoms with E-state index in [-0.39, 0.29) is 49.2 Å². The fourth-order valence-electron chi connectivity index (χ4n) is 2.99. The zero-order chi connectivity index (χ0) is 24.4. The molecule has 2 aromatic heterocycles. The van der Waals surface area contributed by atoms with Gasteiger partial charge in [-0.1, -0.05) is 82.3 Å². The van der Waals surface area contributed by atoms with Gasteiger partial charge in [0, 0.05) is 0 Å². The summed E-state index contributed by atoms with van der Waals surface area (Å²) in [6.07, 6.45) is 1.54. The molecule has 1 amide bonds. The fraction of sp³-hybridized carbons (Fsp3) is 0.136. The number of carbonyl (C=O) groups is 1. The van der Waals surface area contributed by atoms with Gasteiger partial charge in [-0.2, -0.15) is 0 Å². The summed E-state index contributed by atoms with van der Waals surface area (Å²) in [7, 11) is 0. The zero-order valence-electron chi connectivity index (χ0n) is 17.4. The van der Waals surface area contributed by atoms with E-state index in [1.54, 1.807) is 17.1 Å². The number of benzene rings is 2. The van der Waals surface area contributed by atoms with Gasteiger partial charge in [0.05, 0.1) is 21.6 Å². The number of rotatable bonds is 7. The van der Waals surface area contributed by atoms with Gasteiger partial charge in [-0.05, 0) is 30.2 Å². The van der Waals surface area contributed by atoms with Gasteiger partial charge in [-0.3, -0.25) is 10.1 Å². The molecule has 2 aromatic carbocycles. The molecule has 4 aromatic rings. The second-order valence-electron chi connectivity index (χ2n) is 7.10. The van der Waals surface area contributed by atoms with Crippen LogP contribution in [0.4, 0.5) is 5.95 Å². The Hall–Kier alpha value is -2.42. The number of furan rings is 1. The van der Waals surface area contributed by atoms with Crippen molar-refractivity contribution < 1.29 is 13.9 Å². The van der Waals surface area contributed by atoms with Crippen LogP contribution in [-0.2, 0) is 13.2 Å². The molecule has 0 aliphatic carbocycles. The van der Waals surface area contributed by atoms with Gasteiger partial charge in [0.15, 0.2) is 11.5 Å². The Balaban J connectivity index is 1.39. The monoisotopic (exact) mass is 558 g/mol. The molecule has 0 radical (unpaired) electrons. The largest absolute Gasteiger partial charge is 0.482 e. The summed E-state index contributed by atoms with van der Waals surface area (Å²) in [6.45, 7) is 2.46. The summed E-state index contributed by atoms with van der Waals surface area (Å²) in [5, 5.41) is 6.96. The van der Waals surface area contributed by atoms with Crippen LogP contribution in [0.3, 0.4) is 0 Å². The molecule has 4 rings (SSSR count). The average Bonchev–Trinajstić information content (AvgIpc) is 3.47. The van der Waals surface area contributed by atoms with E-state index in [4.69, 9.17) is 67.2 Å². The number of anilines is 1. The van der Waals surface area contributed by atoms with E-state index in [2.05, 4.69) is 15.4 Å². The summed E-state index contributed by atoms with van der Waals surface area (Å²) in [5.41, 5.74) is 2.24. The maximum Gasteiger partial charge on any atom is 0.293 e. The third-order valence-corrected chi connectivity index (χ3v) is 7.01. The van der Waals surface area contributed by atoms with Gasteiger partial charge in [0.2, 0.25) is 5.95 Å². The molecule has 0 fully saturated rings. The SMILES string of the molecule is Cc1ccccc1Cn1cnc(NC(=O)c2ccc(COc3c(Cl)c(Cl)c(Cl)c(Cl)c3Cl)o2)n1. The fourth-order valence-corrected chi connectivity index (χ4v) is 4.22. The van der Waals surface area contributed by atoms with Crippen molar-refractivity contribution in [1.82, 2.24) is 14.8 Å². The maximum absolute atomic E-state index is 12.5. The number of carbonyl (C=O) groups excluding carboxylic acids is 1. The quantitative estimate of drug-likeness (QED) is 0.189. The smallest absolute Gasteiger partial charge is 0.293 e. The summed E-state index contributed by atoms with van der Waals surface area (Å²) in [5.74, 6) is 0.0506. The third kappa shape index (κ3) is 5.29. The number of nitrogens with one attached hydrogen (secondary N) is 1. The molecule has 0 atom stereocenters. The van der Waals surface area contributed by atoms with Crippen LogP contribution < -0.4 is 10.1 Å². The van der Waals surface area contributed by atoms with Crippen LogP contribution in [0.1, 0.15) is 27.4 Å².